The first-order valence-electron chi connectivity index (χ1n) is 14.6. The van der Waals surface area contributed by atoms with Crippen molar-refractivity contribution in [3.63, 3.8) is 0 Å². The highest BCUT2D eigenvalue weighted by molar-refractivity contribution is 14.1. The van der Waals surface area contributed by atoms with Crippen LogP contribution in [0.3, 0.4) is 0 Å². The van der Waals surface area contributed by atoms with Crippen LogP contribution in [0, 0.1) is 24.3 Å². The molecule has 9 heteroatoms. The summed E-state index contributed by atoms with van der Waals surface area (Å²) in [6.07, 6.45) is 3.97. The van der Waals surface area contributed by atoms with Gasteiger partial charge in [0.1, 0.15) is 0 Å². The Bertz CT molecular complexity index is 2140. The summed E-state index contributed by atoms with van der Waals surface area (Å²) < 4.78 is 11.2. The fourth-order valence-electron chi connectivity index (χ4n) is 5.74. The molecular formula is C36H32IN3O3S2. The zero-order valence-electron chi connectivity index (χ0n) is 25.6. The van der Waals surface area contributed by atoms with Crippen LogP contribution in [0.2, 0.25) is 0 Å². The lowest BCUT2D eigenvalue weighted by atomic mass is 9.93. The van der Waals surface area contributed by atoms with Crippen molar-refractivity contribution >= 4 is 63.4 Å². The molecule has 0 aliphatic carbocycles. The van der Waals surface area contributed by atoms with E-state index < -0.39 is 12.0 Å². The maximum absolute atomic E-state index is 14.3. The van der Waals surface area contributed by atoms with E-state index in [1.54, 1.807) is 23.3 Å². The monoisotopic (exact) mass is 745 g/mol. The van der Waals surface area contributed by atoms with Crippen LogP contribution in [-0.4, -0.2) is 28.0 Å². The first kappa shape index (κ1) is 31.3. The molecule has 0 saturated carbocycles. The Morgan fingerprint density at radius 3 is 2.44 bits per heavy atom. The van der Waals surface area contributed by atoms with Crippen molar-refractivity contribution < 1.29 is 9.53 Å². The molecule has 0 radical (unpaired) electrons. The number of aryl methyl sites for hydroxylation is 2. The Balaban J connectivity index is 1.59. The van der Waals surface area contributed by atoms with E-state index in [9.17, 15) is 9.59 Å². The van der Waals surface area contributed by atoms with Crippen molar-refractivity contribution in [3.8, 4) is 5.69 Å². The Morgan fingerprint density at radius 1 is 1.04 bits per heavy atom. The van der Waals surface area contributed by atoms with E-state index in [1.165, 1.54) is 20.5 Å². The Kier molecular flexibility index (Phi) is 9.03. The molecule has 1 aliphatic heterocycles. The first-order valence-corrected chi connectivity index (χ1v) is 17.7. The minimum Gasteiger partial charge on any atom is -0.463 e. The van der Waals surface area contributed by atoms with Gasteiger partial charge in [-0.05, 0) is 110 Å². The highest BCUT2D eigenvalue weighted by Gasteiger charge is 2.35. The molecular weight excluding hydrogens is 713 g/mol. The van der Waals surface area contributed by atoms with Gasteiger partial charge in [-0.1, -0.05) is 59.9 Å². The predicted octanol–water partition coefficient (Wildman–Crippen LogP) is 6.98. The SMILES string of the molecule is CCOC(=O)C1=C(c2ccccc2)N=c2s/c(=C\c3cc(C)n(-c4ccc(C)c(I)c4)c3C)c(=O)n2[C@H]1c1ccc(SC)cc1. The Hall–Kier alpha value is -3.67. The fourth-order valence-corrected chi connectivity index (χ4v) is 7.63. The third-order valence-electron chi connectivity index (χ3n) is 7.98. The zero-order valence-corrected chi connectivity index (χ0v) is 29.4. The lowest BCUT2D eigenvalue weighted by Crippen LogP contribution is -2.40. The van der Waals surface area contributed by atoms with E-state index in [0.29, 0.717) is 20.6 Å². The van der Waals surface area contributed by atoms with Crippen LogP contribution in [0.1, 0.15) is 46.6 Å². The molecule has 0 N–H and O–H groups in total. The van der Waals surface area contributed by atoms with Gasteiger partial charge in [0.2, 0.25) is 0 Å². The third kappa shape index (κ3) is 5.89. The third-order valence-corrected chi connectivity index (χ3v) is 10.9. The summed E-state index contributed by atoms with van der Waals surface area (Å²) in [5.74, 6) is -0.482. The molecule has 3 aromatic carbocycles. The van der Waals surface area contributed by atoms with Gasteiger partial charge in [-0.3, -0.25) is 9.36 Å². The molecule has 6 nitrogen and oxygen atoms in total. The number of carbonyl (C=O) groups is 1. The summed E-state index contributed by atoms with van der Waals surface area (Å²) in [5, 5.41) is 0. The molecule has 2 aromatic heterocycles. The number of ether oxygens (including phenoxy) is 1. The topological polar surface area (TPSA) is 65.6 Å². The normalized spacial score (nSPS) is 14.8. The summed E-state index contributed by atoms with van der Waals surface area (Å²) in [6.45, 7) is 8.25. The number of esters is 1. The summed E-state index contributed by atoms with van der Waals surface area (Å²) in [6, 6.07) is 25.5. The van der Waals surface area contributed by atoms with Crippen molar-refractivity contribution in [2.75, 3.05) is 12.9 Å². The minimum atomic E-state index is -0.698. The molecule has 0 spiro atoms. The quantitative estimate of drug-likeness (QED) is 0.103. The number of nitrogens with zero attached hydrogens (tertiary/aromatic N) is 3. The zero-order chi connectivity index (χ0) is 31.8. The molecule has 0 bridgehead atoms. The molecule has 0 amide bonds. The summed E-state index contributed by atoms with van der Waals surface area (Å²) >= 11 is 5.34. The maximum Gasteiger partial charge on any atom is 0.338 e. The van der Waals surface area contributed by atoms with Crippen LogP contribution in [-0.2, 0) is 9.53 Å². The van der Waals surface area contributed by atoms with Crippen LogP contribution >= 0.6 is 45.7 Å². The van der Waals surface area contributed by atoms with Crippen LogP contribution in [0.5, 0.6) is 0 Å². The van der Waals surface area contributed by atoms with Crippen molar-refractivity contribution in [3.05, 3.63) is 141 Å². The van der Waals surface area contributed by atoms with Gasteiger partial charge in [0.15, 0.2) is 4.80 Å². The smallest absolute Gasteiger partial charge is 0.338 e. The number of benzene rings is 3. The van der Waals surface area contributed by atoms with Crippen molar-refractivity contribution in [1.29, 1.82) is 0 Å². The van der Waals surface area contributed by atoms with Gasteiger partial charge in [-0.25, -0.2) is 9.79 Å². The number of aromatic nitrogens is 2. The summed E-state index contributed by atoms with van der Waals surface area (Å²) in [5.41, 5.74) is 7.69. The van der Waals surface area contributed by atoms with Crippen molar-refractivity contribution in [1.82, 2.24) is 9.13 Å². The van der Waals surface area contributed by atoms with Gasteiger partial charge in [-0.2, -0.15) is 0 Å². The lowest BCUT2D eigenvalue weighted by molar-refractivity contribution is -0.138. The minimum absolute atomic E-state index is 0.193. The second-order valence-electron chi connectivity index (χ2n) is 10.8. The average Bonchev–Trinajstić information content (AvgIpc) is 3.51. The van der Waals surface area contributed by atoms with Crippen LogP contribution in [0.4, 0.5) is 0 Å². The second kappa shape index (κ2) is 13.0. The highest BCUT2D eigenvalue weighted by Crippen LogP contribution is 2.36. The number of fused-ring (bicyclic) bond motifs is 1. The largest absolute Gasteiger partial charge is 0.463 e. The number of hydrogen-bond acceptors (Lipinski definition) is 6. The highest BCUT2D eigenvalue weighted by atomic mass is 127. The van der Waals surface area contributed by atoms with Gasteiger partial charge in [0.05, 0.1) is 28.5 Å². The van der Waals surface area contributed by atoms with Crippen molar-refractivity contribution in [2.24, 2.45) is 4.99 Å². The van der Waals surface area contributed by atoms with Gasteiger partial charge < -0.3 is 9.30 Å². The molecule has 228 valence electrons. The van der Waals surface area contributed by atoms with Crippen LogP contribution in [0.25, 0.3) is 17.5 Å². The standard InChI is InChI=1S/C36H32IN3O3S2/c1-6-43-35(42)31-32(24-10-8-7-9-11-24)38-36-40(33(31)25-13-16-28(44-5)17-14-25)34(41)30(45-36)19-26-18-22(3)39(23(26)4)27-15-12-21(2)29(37)20-27/h7-20,33H,6H2,1-5H3/b30-19-/t33-/m0/s1. The molecule has 3 heterocycles. The molecule has 5 aromatic rings. The first-order chi connectivity index (χ1) is 21.7. The van der Waals surface area contributed by atoms with Crippen LogP contribution in [0.15, 0.2) is 99.1 Å². The van der Waals surface area contributed by atoms with E-state index >= 15 is 0 Å². The summed E-state index contributed by atoms with van der Waals surface area (Å²) in [7, 11) is 0. The number of thioether (sulfide) groups is 1. The van der Waals surface area contributed by atoms with Gasteiger partial charge >= 0.3 is 5.97 Å². The molecule has 6 rings (SSSR count). The predicted molar refractivity (Wildman–Crippen MR) is 192 cm³/mol. The van der Waals surface area contributed by atoms with E-state index in [2.05, 4.69) is 72.2 Å². The number of thiazole rings is 1. The van der Waals surface area contributed by atoms with Gasteiger partial charge in [-0.15, -0.1) is 11.8 Å². The van der Waals surface area contributed by atoms with Gasteiger partial charge in [0.25, 0.3) is 5.56 Å². The lowest BCUT2D eigenvalue weighted by Gasteiger charge is -2.26. The van der Waals surface area contributed by atoms with E-state index in [1.807, 2.05) is 66.9 Å². The number of hydrogen-bond donors (Lipinski definition) is 0. The summed E-state index contributed by atoms with van der Waals surface area (Å²) in [4.78, 5) is 34.7. The molecule has 1 aliphatic rings. The number of carbonyl (C=O) groups excluding carboxylic acids is 1. The molecule has 0 unspecified atom stereocenters. The molecule has 45 heavy (non-hydrogen) atoms. The second-order valence-corrected chi connectivity index (χ2v) is 13.9. The van der Waals surface area contributed by atoms with Crippen molar-refractivity contribution in [2.45, 2.75) is 38.6 Å². The van der Waals surface area contributed by atoms with E-state index in [4.69, 9.17) is 9.73 Å². The average molecular weight is 746 g/mol. The fraction of sp³-hybridized carbons (Fsp3) is 0.194. The van der Waals surface area contributed by atoms with Crippen LogP contribution < -0.4 is 14.9 Å². The van der Waals surface area contributed by atoms with E-state index in [-0.39, 0.29) is 12.2 Å². The van der Waals surface area contributed by atoms with Gasteiger partial charge in [0, 0.05) is 31.1 Å². The maximum atomic E-state index is 14.3. The van der Waals surface area contributed by atoms with E-state index in [0.717, 1.165) is 38.7 Å². The number of halogens is 1. The molecule has 0 fully saturated rings. The Morgan fingerprint density at radius 2 is 1.78 bits per heavy atom. The number of rotatable bonds is 7. The molecule has 1 atom stereocenters. The Labute approximate surface area is 283 Å². The molecule has 0 saturated heterocycles.